The van der Waals surface area contributed by atoms with Gasteiger partial charge in [-0.05, 0) is 12.1 Å². The van der Waals surface area contributed by atoms with Crippen LogP contribution in [0.3, 0.4) is 0 Å². The Morgan fingerprint density at radius 3 is 2.78 bits per heavy atom. The van der Waals surface area contributed by atoms with Crippen molar-refractivity contribution in [2.24, 2.45) is 7.05 Å². The Balaban J connectivity index is 2.12. The van der Waals surface area contributed by atoms with E-state index in [-0.39, 0.29) is 11.5 Å². The molecule has 18 heavy (non-hydrogen) atoms. The Labute approximate surface area is 105 Å². The van der Waals surface area contributed by atoms with Gasteiger partial charge in [0.25, 0.3) is 5.91 Å². The zero-order chi connectivity index (χ0) is 13.1. The van der Waals surface area contributed by atoms with Gasteiger partial charge in [-0.3, -0.25) is 9.48 Å². The third-order valence-corrected chi connectivity index (χ3v) is 2.63. The van der Waals surface area contributed by atoms with Crippen LogP contribution >= 0.6 is 0 Å². The number of nitrogens with zero attached hydrogens (tertiary/aromatic N) is 3. The van der Waals surface area contributed by atoms with Gasteiger partial charge in [0.05, 0.1) is 11.8 Å². The van der Waals surface area contributed by atoms with Crippen molar-refractivity contribution in [3.8, 4) is 0 Å². The monoisotopic (exact) mass is 247 g/mol. The van der Waals surface area contributed by atoms with Crippen LogP contribution in [0.5, 0.6) is 0 Å². The average molecular weight is 247 g/mol. The normalized spacial score (nSPS) is 10.4. The van der Waals surface area contributed by atoms with Crippen LogP contribution in [0.1, 0.15) is 15.9 Å². The summed E-state index contributed by atoms with van der Waals surface area (Å²) in [6, 6.07) is 5.98. The molecule has 0 unspecified atom stereocenters. The molecule has 1 aromatic heterocycles. The largest absolute Gasteiger partial charge is 0.337 e. The fraction of sp³-hybridized carbons (Fsp3) is 0.231. The number of halogens is 1. The molecule has 0 spiro atoms. The molecule has 1 heterocycles. The molecule has 0 saturated heterocycles. The maximum absolute atomic E-state index is 13.5. The summed E-state index contributed by atoms with van der Waals surface area (Å²) in [4.78, 5) is 13.5. The summed E-state index contributed by atoms with van der Waals surface area (Å²) in [5.74, 6) is -0.836. The van der Waals surface area contributed by atoms with Crippen LogP contribution in [0.4, 0.5) is 4.39 Å². The summed E-state index contributed by atoms with van der Waals surface area (Å²) in [7, 11) is 3.45. The highest BCUT2D eigenvalue weighted by atomic mass is 19.1. The van der Waals surface area contributed by atoms with Crippen molar-refractivity contribution in [3.05, 3.63) is 53.6 Å². The van der Waals surface area contributed by atoms with Crippen LogP contribution in [-0.4, -0.2) is 27.6 Å². The summed E-state index contributed by atoms with van der Waals surface area (Å²) >= 11 is 0. The summed E-state index contributed by atoms with van der Waals surface area (Å²) in [6.45, 7) is 0.404. The van der Waals surface area contributed by atoms with Gasteiger partial charge < -0.3 is 4.90 Å². The van der Waals surface area contributed by atoms with Gasteiger partial charge in [-0.1, -0.05) is 12.1 Å². The predicted molar refractivity (Wildman–Crippen MR) is 65.4 cm³/mol. The smallest absolute Gasteiger partial charge is 0.256 e. The van der Waals surface area contributed by atoms with Crippen LogP contribution in [0, 0.1) is 5.82 Å². The number of aromatic nitrogens is 2. The van der Waals surface area contributed by atoms with E-state index in [4.69, 9.17) is 0 Å². The highest BCUT2D eigenvalue weighted by molar-refractivity contribution is 5.94. The van der Waals surface area contributed by atoms with Crippen LogP contribution in [0.15, 0.2) is 36.7 Å². The Hall–Kier alpha value is -2.17. The van der Waals surface area contributed by atoms with Gasteiger partial charge in [-0.2, -0.15) is 5.10 Å². The van der Waals surface area contributed by atoms with Crippen LogP contribution < -0.4 is 0 Å². The lowest BCUT2D eigenvalue weighted by atomic mass is 10.2. The number of hydrogen-bond donors (Lipinski definition) is 0. The first-order chi connectivity index (χ1) is 8.58. The van der Waals surface area contributed by atoms with Gasteiger partial charge in [0.15, 0.2) is 0 Å². The second-order valence-electron chi connectivity index (χ2n) is 4.16. The molecule has 4 nitrogen and oxygen atoms in total. The number of amides is 1. The molecule has 0 atom stereocenters. The van der Waals surface area contributed by atoms with Crippen molar-refractivity contribution >= 4 is 5.91 Å². The third-order valence-electron chi connectivity index (χ3n) is 2.63. The minimum atomic E-state index is -0.500. The van der Waals surface area contributed by atoms with Gasteiger partial charge in [0.1, 0.15) is 5.82 Å². The number of benzene rings is 1. The van der Waals surface area contributed by atoms with Crippen molar-refractivity contribution in [2.45, 2.75) is 6.54 Å². The number of carbonyl (C=O) groups is 1. The topological polar surface area (TPSA) is 38.1 Å². The zero-order valence-corrected chi connectivity index (χ0v) is 10.3. The molecule has 1 aromatic carbocycles. The van der Waals surface area contributed by atoms with Gasteiger partial charge in [0, 0.05) is 32.4 Å². The van der Waals surface area contributed by atoms with E-state index in [0.29, 0.717) is 6.54 Å². The molecule has 0 N–H and O–H groups in total. The van der Waals surface area contributed by atoms with Gasteiger partial charge in [0.2, 0.25) is 0 Å². The van der Waals surface area contributed by atoms with E-state index in [1.165, 1.54) is 17.0 Å². The first kappa shape index (κ1) is 12.3. The van der Waals surface area contributed by atoms with Crippen molar-refractivity contribution in [1.82, 2.24) is 14.7 Å². The number of aryl methyl sites for hydroxylation is 1. The maximum Gasteiger partial charge on any atom is 0.256 e. The fourth-order valence-electron chi connectivity index (χ4n) is 1.74. The van der Waals surface area contributed by atoms with E-state index in [9.17, 15) is 9.18 Å². The average Bonchev–Trinajstić information content (AvgIpc) is 2.74. The molecule has 0 aliphatic rings. The second kappa shape index (κ2) is 5.00. The number of hydrogen-bond acceptors (Lipinski definition) is 2. The molecule has 0 aliphatic heterocycles. The van der Waals surface area contributed by atoms with Gasteiger partial charge >= 0.3 is 0 Å². The maximum atomic E-state index is 13.5. The molecule has 0 fully saturated rings. The highest BCUT2D eigenvalue weighted by Crippen LogP contribution is 2.11. The van der Waals surface area contributed by atoms with Crippen molar-refractivity contribution in [1.29, 1.82) is 0 Å². The SMILES string of the molecule is CN(Cc1cnn(C)c1)C(=O)c1ccccc1F. The van der Waals surface area contributed by atoms with E-state index < -0.39 is 5.82 Å². The van der Waals surface area contributed by atoms with Crippen molar-refractivity contribution in [3.63, 3.8) is 0 Å². The van der Waals surface area contributed by atoms with E-state index in [1.54, 1.807) is 30.1 Å². The Kier molecular flexibility index (Phi) is 3.41. The summed E-state index contributed by atoms with van der Waals surface area (Å²) in [5, 5.41) is 4.02. The highest BCUT2D eigenvalue weighted by Gasteiger charge is 2.16. The lowest BCUT2D eigenvalue weighted by Gasteiger charge is -2.16. The predicted octanol–water partition coefficient (Wildman–Crippen LogP) is 1.83. The molecule has 0 radical (unpaired) electrons. The molecule has 2 aromatic rings. The molecule has 94 valence electrons. The number of rotatable bonds is 3. The lowest BCUT2D eigenvalue weighted by Crippen LogP contribution is -2.26. The zero-order valence-electron chi connectivity index (χ0n) is 10.3. The van der Waals surface area contributed by atoms with Crippen LogP contribution in [0.2, 0.25) is 0 Å². The van der Waals surface area contributed by atoms with E-state index in [0.717, 1.165) is 5.56 Å². The van der Waals surface area contributed by atoms with Crippen LogP contribution in [0.25, 0.3) is 0 Å². The molecule has 0 saturated carbocycles. The first-order valence-electron chi connectivity index (χ1n) is 5.55. The van der Waals surface area contributed by atoms with Crippen molar-refractivity contribution < 1.29 is 9.18 Å². The molecule has 0 bridgehead atoms. The standard InChI is InChI=1S/C13H14FN3O/c1-16(8-10-7-15-17(2)9-10)13(18)11-5-3-4-6-12(11)14/h3-7,9H,8H2,1-2H3. The minimum absolute atomic E-state index is 0.0869. The number of carbonyl (C=O) groups excluding carboxylic acids is 1. The molecule has 1 amide bonds. The molecule has 2 rings (SSSR count). The Morgan fingerprint density at radius 1 is 1.44 bits per heavy atom. The third kappa shape index (κ3) is 2.56. The molecular weight excluding hydrogens is 233 g/mol. The second-order valence-corrected chi connectivity index (χ2v) is 4.16. The summed E-state index contributed by atoms with van der Waals surface area (Å²) < 4.78 is 15.1. The van der Waals surface area contributed by atoms with E-state index in [2.05, 4.69) is 5.10 Å². The van der Waals surface area contributed by atoms with Gasteiger partial charge in [-0.15, -0.1) is 0 Å². The van der Waals surface area contributed by atoms with Crippen molar-refractivity contribution in [2.75, 3.05) is 7.05 Å². The summed E-state index contributed by atoms with van der Waals surface area (Å²) in [5.41, 5.74) is 0.994. The fourth-order valence-corrected chi connectivity index (χ4v) is 1.74. The molecule has 5 heteroatoms. The first-order valence-corrected chi connectivity index (χ1v) is 5.55. The molecular formula is C13H14FN3O. The van der Waals surface area contributed by atoms with E-state index in [1.807, 2.05) is 13.2 Å². The molecule has 0 aliphatic carbocycles. The minimum Gasteiger partial charge on any atom is -0.337 e. The van der Waals surface area contributed by atoms with E-state index >= 15 is 0 Å². The Morgan fingerprint density at radius 2 is 2.17 bits per heavy atom. The Bertz CT molecular complexity index is 565. The van der Waals surface area contributed by atoms with Gasteiger partial charge in [-0.25, -0.2) is 4.39 Å². The summed E-state index contributed by atoms with van der Waals surface area (Å²) in [6.07, 6.45) is 3.51. The quantitative estimate of drug-likeness (QED) is 0.830. The lowest BCUT2D eigenvalue weighted by molar-refractivity contribution is 0.0780. The van der Waals surface area contributed by atoms with Crippen LogP contribution in [-0.2, 0) is 13.6 Å².